The molecule has 3 aromatic rings. The molecule has 0 aliphatic rings. The predicted octanol–water partition coefficient (Wildman–Crippen LogP) is 4.56. The lowest BCUT2D eigenvalue weighted by Gasteiger charge is -2.16. The van der Waals surface area contributed by atoms with Gasteiger partial charge in [-0.1, -0.05) is 55.5 Å². The van der Waals surface area contributed by atoms with Crippen molar-refractivity contribution in [3.05, 3.63) is 78.5 Å². The number of nitrogens with zero attached hydrogens (tertiary/aromatic N) is 1. The van der Waals surface area contributed by atoms with Gasteiger partial charge in [-0.25, -0.2) is 0 Å². The fraction of sp³-hybridized carbons (Fsp3) is 0.227. The zero-order valence-corrected chi connectivity index (χ0v) is 14.3. The Morgan fingerprint density at radius 3 is 1.96 bits per heavy atom. The van der Waals surface area contributed by atoms with Crippen LogP contribution in [0.15, 0.2) is 72.8 Å². The van der Waals surface area contributed by atoms with Crippen molar-refractivity contribution in [1.82, 2.24) is 0 Å². The van der Waals surface area contributed by atoms with Gasteiger partial charge in [-0.2, -0.15) is 4.57 Å². The number of rotatable bonds is 5. The van der Waals surface area contributed by atoms with Crippen molar-refractivity contribution in [3.8, 4) is 22.4 Å². The summed E-state index contributed by atoms with van der Waals surface area (Å²) in [6.45, 7) is 4.39. The predicted molar refractivity (Wildman–Crippen MR) is 98.7 cm³/mol. The fourth-order valence-electron chi connectivity index (χ4n) is 3.25. The van der Waals surface area contributed by atoms with Crippen LogP contribution in [0, 0.1) is 6.92 Å². The van der Waals surface area contributed by atoms with Gasteiger partial charge in [0.25, 0.3) is 0 Å². The van der Waals surface area contributed by atoms with Crippen LogP contribution in [0.1, 0.15) is 25.1 Å². The Morgan fingerprint density at radius 2 is 1.42 bits per heavy atom. The largest absolute Gasteiger partial charge is 0.389 e. The first kappa shape index (κ1) is 16.4. The third-order valence-corrected chi connectivity index (χ3v) is 4.52. The molecule has 0 amide bonds. The molecule has 0 radical (unpaired) electrons. The molecular formula is C22H24NO+. The lowest BCUT2D eigenvalue weighted by Crippen LogP contribution is -2.46. The smallest absolute Gasteiger partial charge is 0.213 e. The van der Waals surface area contributed by atoms with Gasteiger partial charge in [-0.05, 0) is 23.3 Å². The SMILES string of the molecule is CCC(CO)[n+]1c(C)cc(-c2ccccc2)cc1-c1ccccc1. The van der Waals surface area contributed by atoms with Gasteiger partial charge in [0, 0.05) is 31.0 Å². The number of aryl methyl sites for hydroxylation is 1. The molecule has 3 rings (SSSR count). The molecule has 24 heavy (non-hydrogen) atoms. The number of aliphatic hydroxyl groups is 1. The summed E-state index contributed by atoms with van der Waals surface area (Å²) in [6.07, 6.45) is 0.895. The van der Waals surface area contributed by atoms with E-state index in [0.717, 1.165) is 17.8 Å². The van der Waals surface area contributed by atoms with E-state index in [-0.39, 0.29) is 12.6 Å². The Labute approximate surface area is 144 Å². The summed E-state index contributed by atoms with van der Waals surface area (Å²) in [6, 6.07) is 25.4. The van der Waals surface area contributed by atoms with Gasteiger partial charge in [0.05, 0.1) is 0 Å². The molecule has 0 saturated carbocycles. The fourth-order valence-corrected chi connectivity index (χ4v) is 3.25. The van der Waals surface area contributed by atoms with E-state index in [4.69, 9.17) is 0 Å². The highest BCUT2D eigenvalue weighted by molar-refractivity contribution is 5.69. The van der Waals surface area contributed by atoms with E-state index in [1.54, 1.807) is 0 Å². The molecule has 1 aromatic heterocycles. The molecule has 1 N–H and O–H groups in total. The van der Waals surface area contributed by atoms with Crippen molar-refractivity contribution in [2.45, 2.75) is 26.3 Å². The zero-order chi connectivity index (χ0) is 16.9. The third-order valence-electron chi connectivity index (χ3n) is 4.52. The highest BCUT2D eigenvalue weighted by atomic mass is 16.3. The maximum atomic E-state index is 9.84. The molecule has 0 bridgehead atoms. The van der Waals surface area contributed by atoms with Crippen LogP contribution >= 0.6 is 0 Å². The molecule has 2 nitrogen and oxygen atoms in total. The van der Waals surface area contributed by atoms with E-state index < -0.39 is 0 Å². The van der Waals surface area contributed by atoms with Gasteiger partial charge in [0.2, 0.25) is 5.69 Å². The number of hydrogen-bond acceptors (Lipinski definition) is 1. The lowest BCUT2D eigenvalue weighted by atomic mass is 10.0. The number of benzene rings is 2. The van der Waals surface area contributed by atoms with Gasteiger partial charge in [-0.15, -0.1) is 0 Å². The van der Waals surface area contributed by atoms with E-state index in [1.807, 2.05) is 12.1 Å². The summed E-state index contributed by atoms with van der Waals surface area (Å²) in [7, 11) is 0. The van der Waals surface area contributed by atoms with Crippen LogP contribution in [0.3, 0.4) is 0 Å². The summed E-state index contributed by atoms with van der Waals surface area (Å²) in [5.41, 5.74) is 5.90. The number of pyridine rings is 1. The first-order valence-corrected chi connectivity index (χ1v) is 8.52. The maximum absolute atomic E-state index is 9.84. The summed E-state index contributed by atoms with van der Waals surface area (Å²) in [5.74, 6) is 0. The van der Waals surface area contributed by atoms with Crippen molar-refractivity contribution < 1.29 is 9.67 Å². The van der Waals surface area contributed by atoms with E-state index in [2.05, 4.69) is 79.1 Å². The lowest BCUT2D eigenvalue weighted by molar-refractivity contribution is -0.720. The summed E-state index contributed by atoms with van der Waals surface area (Å²) >= 11 is 0. The molecule has 0 fully saturated rings. The second-order valence-corrected chi connectivity index (χ2v) is 6.12. The number of aliphatic hydroxyl groups excluding tert-OH is 1. The molecule has 2 heteroatoms. The summed E-state index contributed by atoms with van der Waals surface area (Å²) in [5, 5.41) is 9.84. The molecule has 2 aromatic carbocycles. The van der Waals surface area contributed by atoms with Crippen molar-refractivity contribution in [2.24, 2.45) is 0 Å². The van der Waals surface area contributed by atoms with E-state index in [0.29, 0.717) is 0 Å². The zero-order valence-electron chi connectivity index (χ0n) is 14.3. The van der Waals surface area contributed by atoms with Crippen LogP contribution in [-0.4, -0.2) is 11.7 Å². The minimum Gasteiger partial charge on any atom is -0.389 e. The Hall–Kier alpha value is -2.45. The van der Waals surface area contributed by atoms with Gasteiger partial charge in [0.15, 0.2) is 11.7 Å². The van der Waals surface area contributed by atoms with Crippen molar-refractivity contribution in [1.29, 1.82) is 0 Å². The van der Waals surface area contributed by atoms with E-state index >= 15 is 0 Å². The van der Waals surface area contributed by atoms with Crippen LogP contribution in [0.2, 0.25) is 0 Å². The highest BCUT2D eigenvalue weighted by Crippen LogP contribution is 2.26. The van der Waals surface area contributed by atoms with E-state index in [9.17, 15) is 5.11 Å². The quantitative estimate of drug-likeness (QED) is 0.685. The molecule has 1 unspecified atom stereocenters. The summed E-state index contributed by atoms with van der Waals surface area (Å²) in [4.78, 5) is 0. The van der Waals surface area contributed by atoms with Crippen LogP contribution in [0.25, 0.3) is 22.4 Å². The minimum atomic E-state index is 0.0880. The molecule has 0 saturated heterocycles. The van der Waals surface area contributed by atoms with E-state index in [1.165, 1.54) is 16.7 Å². The second kappa shape index (κ2) is 7.41. The highest BCUT2D eigenvalue weighted by Gasteiger charge is 2.25. The Bertz CT molecular complexity index is 793. The van der Waals surface area contributed by atoms with Crippen LogP contribution < -0.4 is 4.57 Å². The maximum Gasteiger partial charge on any atom is 0.213 e. The minimum absolute atomic E-state index is 0.0880. The molecule has 122 valence electrons. The Morgan fingerprint density at radius 1 is 0.833 bits per heavy atom. The number of hydrogen-bond donors (Lipinski definition) is 1. The monoisotopic (exact) mass is 318 g/mol. The van der Waals surface area contributed by atoms with Crippen LogP contribution in [0.5, 0.6) is 0 Å². The Balaban J connectivity index is 2.23. The molecular weight excluding hydrogens is 294 g/mol. The van der Waals surface area contributed by atoms with Gasteiger partial charge in [0.1, 0.15) is 6.61 Å². The van der Waals surface area contributed by atoms with Gasteiger partial charge >= 0.3 is 0 Å². The van der Waals surface area contributed by atoms with Crippen LogP contribution in [0.4, 0.5) is 0 Å². The molecule has 0 spiro atoms. The second-order valence-electron chi connectivity index (χ2n) is 6.12. The first-order valence-electron chi connectivity index (χ1n) is 8.52. The topological polar surface area (TPSA) is 24.1 Å². The molecule has 1 atom stereocenters. The van der Waals surface area contributed by atoms with Crippen molar-refractivity contribution >= 4 is 0 Å². The first-order chi connectivity index (χ1) is 11.7. The standard InChI is InChI=1S/C22H24NO/c1-3-21(16-24)23-17(2)14-20(18-10-6-4-7-11-18)15-22(23)19-12-8-5-9-13-19/h4-15,21,24H,3,16H2,1-2H3/q+1. The Kier molecular flexibility index (Phi) is 5.07. The van der Waals surface area contributed by atoms with Gasteiger partial charge < -0.3 is 5.11 Å². The number of aromatic nitrogens is 1. The molecule has 0 aliphatic heterocycles. The molecule has 0 aliphatic carbocycles. The molecule has 1 heterocycles. The van der Waals surface area contributed by atoms with Crippen molar-refractivity contribution in [2.75, 3.05) is 6.61 Å². The van der Waals surface area contributed by atoms with Crippen LogP contribution in [-0.2, 0) is 0 Å². The summed E-state index contributed by atoms with van der Waals surface area (Å²) < 4.78 is 2.27. The average Bonchev–Trinajstić information content (AvgIpc) is 2.65. The average molecular weight is 318 g/mol. The third kappa shape index (κ3) is 3.24. The van der Waals surface area contributed by atoms with Gasteiger partial charge in [-0.3, -0.25) is 0 Å². The van der Waals surface area contributed by atoms with Crippen molar-refractivity contribution in [3.63, 3.8) is 0 Å². The normalized spacial score (nSPS) is 12.1.